The molecule has 16 heavy (non-hydrogen) atoms. The highest BCUT2D eigenvalue weighted by Gasteiger charge is 2.20. The molecule has 1 aromatic rings. The molecule has 0 fully saturated rings. The topological polar surface area (TPSA) is 84.6 Å². The summed E-state index contributed by atoms with van der Waals surface area (Å²) in [6, 6.07) is 4.74. The fourth-order valence-electron chi connectivity index (χ4n) is 1.28. The van der Waals surface area contributed by atoms with Crippen LogP contribution in [0.1, 0.15) is 6.92 Å². The molecular formula is C10H14N2O4. The first kappa shape index (κ1) is 12.3. The van der Waals surface area contributed by atoms with Crippen molar-refractivity contribution in [2.24, 2.45) is 0 Å². The molecule has 0 saturated heterocycles. The van der Waals surface area contributed by atoms with Crippen molar-refractivity contribution in [1.82, 2.24) is 0 Å². The van der Waals surface area contributed by atoms with Crippen LogP contribution in [0.25, 0.3) is 0 Å². The van der Waals surface area contributed by atoms with E-state index >= 15 is 0 Å². The zero-order valence-corrected chi connectivity index (χ0v) is 9.14. The molecule has 0 heterocycles. The van der Waals surface area contributed by atoms with Crippen molar-refractivity contribution in [2.45, 2.75) is 13.0 Å². The summed E-state index contributed by atoms with van der Waals surface area (Å²) >= 11 is 0. The minimum absolute atomic E-state index is 0.120. The van der Waals surface area contributed by atoms with Crippen LogP contribution in [-0.2, 0) is 0 Å². The Labute approximate surface area is 93.0 Å². The van der Waals surface area contributed by atoms with Crippen LogP contribution in [0.5, 0.6) is 5.75 Å². The number of nitrogens with one attached hydrogen (secondary N) is 1. The fourth-order valence-corrected chi connectivity index (χ4v) is 1.28. The molecule has 0 aliphatic carbocycles. The molecule has 1 atom stereocenters. The number of ether oxygens (including phenoxy) is 1. The Morgan fingerprint density at radius 2 is 2.31 bits per heavy atom. The van der Waals surface area contributed by atoms with E-state index in [-0.39, 0.29) is 18.0 Å². The number of anilines is 1. The number of nitro groups is 1. The molecule has 0 saturated carbocycles. The maximum atomic E-state index is 10.9. The highest BCUT2D eigenvalue weighted by Crippen LogP contribution is 2.34. The lowest BCUT2D eigenvalue weighted by Crippen LogP contribution is -2.16. The lowest BCUT2D eigenvalue weighted by molar-refractivity contribution is -0.384. The average Bonchev–Trinajstić information content (AvgIpc) is 2.25. The van der Waals surface area contributed by atoms with Crippen molar-refractivity contribution in [3.63, 3.8) is 0 Å². The molecule has 0 aliphatic heterocycles. The minimum atomic E-state index is -0.578. The van der Waals surface area contributed by atoms with Crippen LogP contribution < -0.4 is 10.1 Å². The van der Waals surface area contributed by atoms with Gasteiger partial charge in [-0.05, 0) is 19.1 Å². The summed E-state index contributed by atoms with van der Waals surface area (Å²) in [6.45, 7) is 1.84. The second kappa shape index (κ2) is 5.32. The highest BCUT2D eigenvalue weighted by molar-refractivity contribution is 5.68. The third-order valence-electron chi connectivity index (χ3n) is 1.99. The van der Waals surface area contributed by atoms with Gasteiger partial charge in [0.15, 0.2) is 5.75 Å². The lowest BCUT2D eigenvalue weighted by Gasteiger charge is -2.10. The zero-order chi connectivity index (χ0) is 12.1. The summed E-state index contributed by atoms with van der Waals surface area (Å²) in [4.78, 5) is 10.4. The maximum Gasteiger partial charge on any atom is 0.333 e. The molecule has 88 valence electrons. The van der Waals surface area contributed by atoms with Gasteiger partial charge in [0.2, 0.25) is 0 Å². The van der Waals surface area contributed by atoms with Gasteiger partial charge in [-0.1, -0.05) is 6.07 Å². The fraction of sp³-hybridized carbons (Fsp3) is 0.400. The third-order valence-corrected chi connectivity index (χ3v) is 1.99. The van der Waals surface area contributed by atoms with Crippen LogP contribution >= 0.6 is 0 Å². The molecular weight excluding hydrogens is 212 g/mol. The number of hydrogen-bond acceptors (Lipinski definition) is 5. The number of rotatable bonds is 5. The van der Waals surface area contributed by atoms with Gasteiger partial charge < -0.3 is 15.2 Å². The van der Waals surface area contributed by atoms with Crippen molar-refractivity contribution in [3.8, 4) is 5.75 Å². The van der Waals surface area contributed by atoms with Gasteiger partial charge in [-0.3, -0.25) is 10.1 Å². The number of methoxy groups -OCH3 is 1. The van der Waals surface area contributed by atoms with E-state index in [1.165, 1.54) is 13.2 Å². The van der Waals surface area contributed by atoms with Gasteiger partial charge in [-0.15, -0.1) is 0 Å². The third kappa shape index (κ3) is 2.83. The summed E-state index contributed by atoms with van der Waals surface area (Å²) in [5, 5.41) is 22.8. The number of aliphatic hydroxyl groups is 1. The molecule has 1 aromatic carbocycles. The molecule has 6 heteroatoms. The van der Waals surface area contributed by atoms with Crippen molar-refractivity contribution < 1.29 is 14.8 Å². The van der Waals surface area contributed by atoms with E-state index in [4.69, 9.17) is 9.84 Å². The molecule has 0 radical (unpaired) electrons. The van der Waals surface area contributed by atoms with E-state index in [2.05, 4.69) is 5.32 Å². The van der Waals surface area contributed by atoms with E-state index in [1.54, 1.807) is 19.1 Å². The number of para-hydroxylation sites is 1. The van der Waals surface area contributed by atoms with E-state index in [0.717, 1.165) is 0 Å². The number of nitrogens with zero attached hydrogens (tertiary/aromatic N) is 1. The van der Waals surface area contributed by atoms with Crippen LogP contribution in [0.2, 0.25) is 0 Å². The number of benzene rings is 1. The van der Waals surface area contributed by atoms with Crippen LogP contribution in [0, 0.1) is 10.1 Å². The highest BCUT2D eigenvalue weighted by atomic mass is 16.6. The van der Waals surface area contributed by atoms with Gasteiger partial charge in [-0.2, -0.15) is 0 Å². The second-order valence-corrected chi connectivity index (χ2v) is 3.34. The normalized spacial score (nSPS) is 11.9. The van der Waals surface area contributed by atoms with Gasteiger partial charge in [0.25, 0.3) is 0 Å². The Bertz CT molecular complexity index is 379. The predicted octanol–water partition coefficient (Wildman–Crippen LogP) is 1.40. The van der Waals surface area contributed by atoms with E-state index in [1.807, 2.05) is 0 Å². The monoisotopic (exact) mass is 226 g/mol. The molecule has 1 rings (SSSR count). The van der Waals surface area contributed by atoms with Gasteiger partial charge in [-0.25, -0.2) is 0 Å². The Hall–Kier alpha value is -1.82. The first-order chi connectivity index (χ1) is 7.56. The molecule has 0 amide bonds. The van der Waals surface area contributed by atoms with Crippen molar-refractivity contribution in [3.05, 3.63) is 28.3 Å². The Morgan fingerprint density at radius 1 is 1.62 bits per heavy atom. The minimum Gasteiger partial charge on any atom is -0.490 e. The van der Waals surface area contributed by atoms with Crippen molar-refractivity contribution in [2.75, 3.05) is 19.0 Å². The second-order valence-electron chi connectivity index (χ2n) is 3.34. The number of aliphatic hydroxyl groups excluding tert-OH is 1. The molecule has 2 N–H and O–H groups in total. The predicted molar refractivity (Wildman–Crippen MR) is 59.8 cm³/mol. The zero-order valence-electron chi connectivity index (χ0n) is 9.14. The van der Waals surface area contributed by atoms with Crippen LogP contribution in [0.15, 0.2) is 18.2 Å². The summed E-state index contributed by atoms with van der Waals surface area (Å²) in [7, 11) is 1.38. The van der Waals surface area contributed by atoms with E-state index < -0.39 is 11.0 Å². The average molecular weight is 226 g/mol. The summed E-state index contributed by atoms with van der Waals surface area (Å²) in [6.07, 6.45) is -0.578. The quantitative estimate of drug-likeness (QED) is 0.585. The van der Waals surface area contributed by atoms with Crippen LogP contribution in [0.4, 0.5) is 11.4 Å². The standard InChI is InChI=1S/C10H14N2O4/c1-7(13)6-11-8-4-3-5-9(16-2)10(8)12(14)15/h3-5,7,11,13H,6H2,1-2H3. The first-order valence-electron chi connectivity index (χ1n) is 4.79. The van der Waals surface area contributed by atoms with Crippen molar-refractivity contribution >= 4 is 11.4 Å². The Kier molecular flexibility index (Phi) is 4.07. The SMILES string of the molecule is COc1cccc(NCC(C)O)c1[N+](=O)[O-]. The summed E-state index contributed by atoms with van der Waals surface area (Å²) in [5.74, 6) is 0.195. The largest absolute Gasteiger partial charge is 0.490 e. The van der Waals surface area contributed by atoms with Crippen LogP contribution in [-0.4, -0.2) is 29.8 Å². The Balaban J connectivity index is 3.02. The Morgan fingerprint density at radius 3 is 2.81 bits per heavy atom. The van der Waals surface area contributed by atoms with Crippen molar-refractivity contribution in [1.29, 1.82) is 0 Å². The first-order valence-corrected chi connectivity index (χ1v) is 4.79. The van der Waals surface area contributed by atoms with Crippen LogP contribution in [0.3, 0.4) is 0 Å². The molecule has 1 unspecified atom stereocenters. The van der Waals surface area contributed by atoms with Gasteiger partial charge in [0, 0.05) is 6.54 Å². The summed E-state index contributed by atoms with van der Waals surface area (Å²) in [5.41, 5.74) is 0.218. The molecule has 0 aromatic heterocycles. The maximum absolute atomic E-state index is 10.9. The van der Waals surface area contributed by atoms with E-state index in [0.29, 0.717) is 5.69 Å². The van der Waals surface area contributed by atoms with Gasteiger partial charge >= 0.3 is 5.69 Å². The van der Waals surface area contributed by atoms with Gasteiger partial charge in [0.1, 0.15) is 5.69 Å². The molecule has 0 bridgehead atoms. The molecule has 6 nitrogen and oxygen atoms in total. The number of hydrogen-bond donors (Lipinski definition) is 2. The smallest absolute Gasteiger partial charge is 0.333 e. The lowest BCUT2D eigenvalue weighted by atomic mass is 10.2. The van der Waals surface area contributed by atoms with E-state index in [9.17, 15) is 10.1 Å². The number of nitro benzene ring substituents is 1. The molecule has 0 spiro atoms. The summed E-state index contributed by atoms with van der Waals surface area (Å²) < 4.78 is 4.91. The van der Waals surface area contributed by atoms with Gasteiger partial charge in [0.05, 0.1) is 18.1 Å². The molecule has 0 aliphatic rings.